The van der Waals surface area contributed by atoms with Gasteiger partial charge in [0.1, 0.15) is 30.1 Å². The molecule has 0 radical (unpaired) electrons. The van der Waals surface area contributed by atoms with Crippen LogP contribution in [0.3, 0.4) is 0 Å². The molecule has 0 fully saturated rings. The van der Waals surface area contributed by atoms with E-state index < -0.39 is 77.7 Å². The number of fused-ring (bicyclic) bond motifs is 1. The van der Waals surface area contributed by atoms with Crippen molar-refractivity contribution in [2.45, 2.75) is 42.5 Å². The van der Waals surface area contributed by atoms with Gasteiger partial charge in [-0.05, 0) is 34.1 Å². The lowest BCUT2D eigenvalue weighted by Gasteiger charge is -2.40. The second kappa shape index (κ2) is 10.6. The summed E-state index contributed by atoms with van der Waals surface area (Å²) in [5.41, 5.74) is -0.495. The summed E-state index contributed by atoms with van der Waals surface area (Å²) < 4.78 is 80.7. The molecule has 5 atom stereocenters. The number of alkyl halides is 5. The number of ether oxygens (including phenoxy) is 1. The highest BCUT2D eigenvalue weighted by Crippen LogP contribution is 2.38. The van der Waals surface area contributed by atoms with E-state index in [0.29, 0.717) is 10.8 Å². The Labute approximate surface area is 223 Å². The zero-order chi connectivity index (χ0) is 29.6. The van der Waals surface area contributed by atoms with E-state index in [1.165, 1.54) is 12.1 Å². The van der Waals surface area contributed by atoms with Gasteiger partial charge in [0.25, 0.3) is 0 Å². The topological polar surface area (TPSA) is 178 Å². The molecule has 2 aromatic rings. The quantitative estimate of drug-likeness (QED) is 0.283. The first kappa shape index (κ1) is 28.0. The van der Waals surface area contributed by atoms with Crippen molar-refractivity contribution < 1.29 is 58.1 Å². The number of hydrogen-bond acceptors (Lipinski definition) is 8. The van der Waals surface area contributed by atoms with E-state index in [0.717, 1.165) is 0 Å². The zero-order valence-corrected chi connectivity index (χ0v) is 20.6. The molecule has 2 heterocycles. The number of carbonyl (C=O) groups is 2. The first-order chi connectivity index (χ1) is 18.0. The van der Waals surface area contributed by atoms with E-state index >= 15 is 0 Å². The minimum absolute atomic E-state index is 0.0280. The molecule has 1 aromatic carbocycles. The fourth-order valence-corrected chi connectivity index (χ4v) is 4.05. The summed E-state index contributed by atoms with van der Waals surface area (Å²) in [5, 5.41) is 52.2. The van der Waals surface area contributed by atoms with Gasteiger partial charge >= 0.3 is 24.0 Å². The number of aliphatic carboxylic acids is 1. The molecule has 0 aliphatic carbocycles. The third-order valence-electron chi connectivity index (χ3n) is 5.42. The average Bonchev–Trinajstić information content (AvgIpc) is 3.22. The summed E-state index contributed by atoms with van der Waals surface area (Å²) >= 11 is 9.14. The molecule has 0 saturated carbocycles. The van der Waals surface area contributed by atoms with Gasteiger partial charge in [-0.15, -0.1) is 0 Å². The normalized spacial score (nSPS) is 22.1. The molecule has 18 heteroatoms. The lowest BCUT2D eigenvalue weighted by atomic mass is 9.91. The van der Waals surface area contributed by atoms with Gasteiger partial charge in [-0.1, -0.05) is 11.6 Å². The summed E-state index contributed by atoms with van der Waals surface area (Å²) in [4.78, 5) is 24.0. The molecular weight excluding hydrogens is 619 g/mol. The van der Waals surface area contributed by atoms with Crippen LogP contribution < -0.4 is 5.31 Å². The van der Waals surface area contributed by atoms with Crippen molar-refractivity contribution in [2.75, 3.05) is 6.61 Å². The van der Waals surface area contributed by atoms with E-state index in [9.17, 15) is 57.2 Å². The Bertz CT molecular complexity index is 1380. The van der Waals surface area contributed by atoms with Gasteiger partial charge in [0, 0.05) is 9.86 Å². The number of nitrogens with one attached hydrogen (secondary N) is 1. The van der Waals surface area contributed by atoms with Gasteiger partial charge in [-0.2, -0.15) is 32.3 Å². The van der Waals surface area contributed by atoms with Crippen molar-refractivity contribution in [3.63, 3.8) is 0 Å². The largest absolute Gasteiger partial charge is 0.478 e. The number of hydrogen-bond donors (Lipinski definition) is 5. The summed E-state index contributed by atoms with van der Waals surface area (Å²) in [6, 6.07) is -0.296. The average molecular weight is 635 g/mol. The molecule has 0 unspecified atom stereocenters. The fourth-order valence-electron chi connectivity index (χ4n) is 3.55. The van der Waals surface area contributed by atoms with Crippen LogP contribution in [0.1, 0.15) is 11.7 Å². The molecule has 1 amide bonds. The summed E-state index contributed by atoms with van der Waals surface area (Å²) in [7, 11) is 0. The molecule has 206 valence electrons. The molecule has 1 aliphatic heterocycles. The minimum atomic E-state index is -6.46. The SMILES string of the molecule is [2H]N(C(=O)C(F)(F)C(F)(F)F)[C@H]1[C@H]([C@H](O)[C@H](O)CO)OC(C(=O)O)=C[C@@H]1n1nc2cc(Cl)c(Br)cc2c1C#N. The molecular formula is C20H15BrClF5N4O7. The van der Waals surface area contributed by atoms with Crippen molar-refractivity contribution in [2.24, 2.45) is 0 Å². The van der Waals surface area contributed by atoms with Crippen LogP contribution >= 0.6 is 27.5 Å². The van der Waals surface area contributed by atoms with E-state index in [2.05, 4.69) is 21.0 Å². The van der Waals surface area contributed by atoms with Crippen molar-refractivity contribution in [3.05, 3.63) is 39.2 Å². The van der Waals surface area contributed by atoms with E-state index in [-0.39, 0.29) is 20.4 Å². The molecule has 0 spiro atoms. The Hall–Kier alpha value is -3.04. The first-order valence-electron chi connectivity index (χ1n) is 10.6. The van der Waals surface area contributed by atoms with Crippen LogP contribution in [0.4, 0.5) is 22.0 Å². The standard InChI is InChI=1S/C20H15BrClF5N4O7/c21-7-1-6-9(2-8(7)22)30-31(11(6)4-28)10-3-13(17(35)36)38-16(15(34)12(33)5-32)14(10)29-18(37)19(23,24)20(25,26)27/h1-3,10,12,14-16,32-34H,5H2,(H,29,37)(H,35,36)/t10-,12+,14+,15+,16+/m0/s1/i/hD. The van der Waals surface area contributed by atoms with Gasteiger partial charge < -0.3 is 30.5 Å². The maximum Gasteiger partial charge on any atom is 0.463 e. The highest BCUT2D eigenvalue weighted by atomic mass is 79.9. The van der Waals surface area contributed by atoms with E-state index in [1.54, 1.807) is 6.07 Å². The summed E-state index contributed by atoms with van der Waals surface area (Å²) in [6.07, 6.45) is -13.0. The molecule has 0 bridgehead atoms. The highest BCUT2D eigenvalue weighted by molar-refractivity contribution is 9.10. The summed E-state index contributed by atoms with van der Waals surface area (Å²) in [5.74, 6) is -12.2. The predicted octanol–water partition coefficient (Wildman–Crippen LogP) is 1.63. The second-order valence-corrected chi connectivity index (χ2v) is 9.10. The van der Waals surface area contributed by atoms with Crippen LogP contribution in [0, 0.1) is 11.3 Å². The molecule has 11 nitrogen and oxygen atoms in total. The zero-order valence-electron chi connectivity index (χ0n) is 19.3. The molecule has 3 rings (SSSR count). The van der Waals surface area contributed by atoms with Crippen molar-refractivity contribution >= 4 is 50.3 Å². The lowest BCUT2D eigenvalue weighted by molar-refractivity contribution is -0.270. The van der Waals surface area contributed by atoms with Gasteiger partial charge in [-0.25, -0.2) is 9.48 Å². The van der Waals surface area contributed by atoms with Crippen LogP contribution in [-0.4, -0.2) is 85.1 Å². The molecule has 1 aromatic heterocycles. The van der Waals surface area contributed by atoms with E-state index in [4.69, 9.17) is 17.7 Å². The Morgan fingerprint density at radius 2 is 1.97 bits per heavy atom. The lowest BCUT2D eigenvalue weighted by Crippen LogP contribution is -2.62. The van der Waals surface area contributed by atoms with Crippen molar-refractivity contribution in [1.29, 1.82) is 5.26 Å². The van der Waals surface area contributed by atoms with Gasteiger partial charge in [0.2, 0.25) is 5.76 Å². The number of nitrogens with zero attached hydrogens (tertiary/aromatic N) is 3. The Balaban J connectivity index is 2.33. The third-order valence-corrected chi connectivity index (χ3v) is 6.61. The molecule has 5 N–H and O–H groups in total. The number of nitriles is 1. The Kier molecular flexibility index (Phi) is 7.81. The number of benzene rings is 1. The van der Waals surface area contributed by atoms with Crippen LogP contribution in [0.5, 0.6) is 0 Å². The maximum absolute atomic E-state index is 14.0. The number of amides is 1. The third kappa shape index (κ3) is 5.27. The molecule has 1 aliphatic rings. The number of carboxylic acids is 1. The van der Waals surface area contributed by atoms with Crippen LogP contribution in [0.15, 0.2) is 28.4 Å². The number of aliphatic hydroxyl groups is 3. The number of aromatic nitrogens is 2. The number of carboxylic acid groups (broad SMARTS) is 1. The maximum atomic E-state index is 14.0. The highest BCUT2D eigenvalue weighted by Gasteiger charge is 2.64. The molecule has 0 saturated heterocycles. The van der Waals surface area contributed by atoms with Gasteiger partial charge in [-0.3, -0.25) is 4.79 Å². The number of halogens is 7. The van der Waals surface area contributed by atoms with Crippen LogP contribution in [0.2, 0.25) is 6.43 Å². The fraction of sp³-hybridized carbons (Fsp3) is 0.400. The molecule has 38 heavy (non-hydrogen) atoms. The summed E-state index contributed by atoms with van der Waals surface area (Å²) in [6.45, 7) is -1.24. The second-order valence-electron chi connectivity index (χ2n) is 7.84. The monoisotopic (exact) mass is 633 g/mol. The van der Waals surface area contributed by atoms with Gasteiger partial charge in [0.15, 0.2) is 1.41 Å². The van der Waals surface area contributed by atoms with Crippen molar-refractivity contribution in [3.8, 4) is 6.07 Å². The first-order valence-corrected chi connectivity index (χ1v) is 11.3. The Morgan fingerprint density at radius 3 is 2.50 bits per heavy atom. The minimum Gasteiger partial charge on any atom is -0.478 e. The van der Waals surface area contributed by atoms with Crippen molar-refractivity contribution in [1.82, 2.24) is 15.1 Å². The number of rotatable bonds is 7. The number of aliphatic hydroxyl groups excluding tert-OH is 3. The number of carbonyl (C=O) groups excluding carboxylic acids is 1. The Morgan fingerprint density at radius 1 is 1.34 bits per heavy atom. The predicted molar refractivity (Wildman–Crippen MR) is 119 cm³/mol. The van der Waals surface area contributed by atoms with E-state index in [1.807, 2.05) is 0 Å². The van der Waals surface area contributed by atoms with Gasteiger partial charge in [0.05, 0.1) is 29.2 Å². The smallest absolute Gasteiger partial charge is 0.463 e. The van der Waals surface area contributed by atoms with Crippen LogP contribution in [0.25, 0.3) is 10.9 Å². The van der Waals surface area contributed by atoms with Crippen LogP contribution in [-0.2, 0) is 14.3 Å².